The van der Waals surface area contributed by atoms with E-state index in [0.717, 1.165) is 25.8 Å². The van der Waals surface area contributed by atoms with Crippen molar-refractivity contribution >= 4 is 5.97 Å². The average molecular weight is 227 g/mol. The van der Waals surface area contributed by atoms with Gasteiger partial charge < -0.3 is 10.1 Å². The highest BCUT2D eigenvalue weighted by Gasteiger charge is 2.25. The summed E-state index contributed by atoms with van der Waals surface area (Å²) in [6.45, 7) is 10.1. The molecule has 16 heavy (non-hydrogen) atoms. The zero-order chi connectivity index (χ0) is 12.2. The average Bonchev–Trinajstić information content (AvgIpc) is 2.15. The normalized spacial score (nSPS) is 26.5. The number of carbonyl (C=O) groups is 1. The van der Waals surface area contributed by atoms with E-state index in [0.29, 0.717) is 12.5 Å². The molecule has 94 valence electrons. The summed E-state index contributed by atoms with van der Waals surface area (Å²) in [5.74, 6) is 0.553. The Bertz CT molecular complexity index is 233. The summed E-state index contributed by atoms with van der Waals surface area (Å²) >= 11 is 0. The maximum Gasteiger partial charge on any atom is 0.323 e. The van der Waals surface area contributed by atoms with Gasteiger partial charge >= 0.3 is 5.97 Å². The number of carbonyl (C=O) groups excluding carboxylic acids is 1. The van der Waals surface area contributed by atoms with Gasteiger partial charge in [0.05, 0.1) is 6.61 Å². The van der Waals surface area contributed by atoms with E-state index in [1.54, 1.807) is 0 Å². The number of hydrogen-bond donors (Lipinski definition) is 1. The summed E-state index contributed by atoms with van der Waals surface area (Å²) in [5, 5.41) is 3.22. The minimum absolute atomic E-state index is 0.0733. The molecule has 1 rings (SSSR count). The molecule has 1 heterocycles. The third-order valence-electron chi connectivity index (χ3n) is 3.05. The Morgan fingerprint density at radius 1 is 1.44 bits per heavy atom. The number of ether oxygens (including phenoxy) is 1. The molecule has 1 aliphatic heterocycles. The van der Waals surface area contributed by atoms with E-state index >= 15 is 0 Å². The van der Waals surface area contributed by atoms with Gasteiger partial charge in [-0.2, -0.15) is 0 Å². The van der Waals surface area contributed by atoms with Crippen molar-refractivity contribution in [3.8, 4) is 0 Å². The summed E-state index contributed by atoms with van der Waals surface area (Å²) in [5.41, 5.74) is 0.230. The summed E-state index contributed by atoms with van der Waals surface area (Å²) in [6, 6.07) is -0.0799. The number of esters is 1. The lowest BCUT2D eigenvalue weighted by Crippen LogP contribution is -2.44. The summed E-state index contributed by atoms with van der Waals surface area (Å²) in [4.78, 5) is 11.7. The van der Waals surface area contributed by atoms with Crippen molar-refractivity contribution < 1.29 is 9.53 Å². The van der Waals surface area contributed by atoms with Gasteiger partial charge in [0, 0.05) is 0 Å². The molecule has 3 nitrogen and oxygen atoms in total. The van der Waals surface area contributed by atoms with E-state index in [4.69, 9.17) is 4.74 Å². The lowest BCUT2D eigenvalue weighted by molar-refractivity contribution is -0.147. The number of piperidine rings is 1. The van der Waals surface area contributed by atoms with Crippen molar-refractivity contribution in [1.29, 1.82) is 0 Å². The highest BCUT2D eigenvalue weighted by molar-refractivity contribution is 5.75. The van der Waals surface area contributed by atoms with Crippen LogP contribution in [0, 0.1) is 11.3 Å². The number of rotatable bonds is 3. The van der Waals surface area contributed by atoms with Crippen LogP contribution < -0.4 is 5.32 Å². The zero-order valence-corrected chi connectivity index (χ0v) is 11.0. The van der Waals surface area contributed by atoms with Crippen LogP contribution in [0.5, 0.6) is 0 Å². The minimum Gasteiger partial charge on any atom is -0.465 e. The molecule has 2 unspecified atom stereocenters. The van der Waals surface area contributed by atoms with Gasteiger partial charge in [-0.05, 0) is 37.1 Å². The first-order valence-corrected chi connectivity index (χ1v) is 6.28. The molecule has 0 spiro atoms. The molecule has 1 fully saturated rings. The maximum absolute atomic E-state index is 11.7. The van der Waals surface area contributed by atoms with Crippen molar-refractivity contribution in [1.82, 2.24) is 5.32 Å². The molecule has 0 radical (unpaired) electrons. The van der Waals surface area contributed by atoms with Crippen LogP contribution in [0.15, 0.2) is 0 Å². The van der Waals surface area contributed by atoms with Crippen LogP contribution >= 0.6 is 0 Å². The minimum atomic E-state index is -0.0799. The lowest BCUT2D eigenvalue weighted by atomic mass is 9.93. The van der Waals surface area contributed by atoms with Crippen LogP contribution in [0.2, 0.25) is 0 Å². The van der Waals surface area contributed by atoms with E-state index in [1.165, 1.54) is 0 Å². The lowest BCUT2D eigenvalue weighted by Gasteiger charge is -2.27. The molecule has 1 saturated heterocycles. The molecule has 0 aromatic carbocycles. The fourth-order valence-electron chi connectivity index (χ4n) is 1.85. The van der Waals surface area contributed by atoms with Gasteiger partial charge in [-0.25, -0.2) is 0 Å². The number of nitrogens with one attached hydrogen (secondary N) is 1. The van der Waals surface area contributed by atoms with Gasteiger partial charge in [0.25, 0.3) is 0 Å². The van der Waals surface area contributed by atoms with Gasteiger partial charge in [-0.1, -0.05) is 27.7 Å². The van der Waals surface area contributed by atoms with Gasteiger partial charge in [0.15, 0.2) is 0 Å². The fraction of sp³-hybridized carbons (Fsp3) is 0.923. The Kier molecular flexibility index (Phi) is 4.78. The fourth-order valence-corrected chi connectivity index (χ4v) is 1.85. The van der Waals surface area contributed by atoms with Crippen molar-refractivity contribution in [3.05, 3.63) is 0 Å². The molecule has 0 bridgehead atoms. The van der Waals surface area contributed by atoms with Crippen LogP contribution in [0.1, 0.15) is 47.0 Å². The Hall–Kier alpha value is -0.570. The van der Waals surface area contributed by atoms with Crippen molar-refractivity contribution in [2.45, 2.75) is 53.0 Å². The standard InChI is InChI=1S/C13H25NO2/c1-10-5-7-14-11(9-10)12(15)16-8-6-13(2,3)4/h10-11,14H,5-9H2,1-4H3. The SMILES string of the molecule is CC1CCNC(C(=O)OCCC(C)(C)C)C1. The first-order chi connectivity index (χ1) is 7.38. The topological polar surface area (TPSA) is 38.3 Å². The first-order valence-electron chi connectivity index (χ1n) is 6.28. The first kappa shape index (κ1) is 13.5. The molecular weight excluding hydrogens is 202 g/mol. The smallest absolute Gasteiger partial charge is 0.323 e. The second kappa shape index (κ2) is 5.67. The van der Waals surface area contributed by atoms with E-state index in [9.17, 15) is 4.79 Å². The number of hydrogen-bond acceptors (Lipinski definition) is 3. The van der Waals surface area contributed by atoms with Gasteiger partial charge in [-0.15, -0.1) is 0 Å². The van der Waals surface area contributed by atoms with Crippen LogP contribution in [0.3, 0.4) is 0 Å². The van der Waals surface area contributed by atoms with Crippen molar-refractivity contribution in [3.63, 3.8) is 0 Å². The van der Waals surface area contributed by atoms with Crippen LogP contribution in [-0.4, -0.2) is 25.2 Å². The van der Waals surface area contributed by atoms with E-state index < -0.39 is 0 Å². The van der Waals surface area contributed by atoms with Crippen LogP contribution in [-0.2, 0) is 9.53 Å². The molecule has 0 saturated carbocycles. The Balaban J connectivity index is 2.24. The van der Waals surface area contributed by atoms with Crippen LogP contribution in [0.4, 0.5) is 0 Å². The predicted octanol–water partition coefficient (Wildman–Crippen LogP) is 2.35. The van der Waals surface area contributed by atoms with Gasteiger partial charge in [0.2, 0.25) is 0 Å². The molecular formula is C13H25NO2. The quantitative estimate of drug-likeness (QED) is 0.752. The molecule has 0 amide bonds. The van der Waals surface area contributed by atoms with Crippen LogP contribution in [0.25, 0.3) is 0 Å². The molecule has 3 heteroatoms. The monoisotopic (exact) mass is 227 g/mol. The molecule has 0 aromatic heterocycles. The van der Waals surface area contributed by atoms with E-state index in [-0.39, 0.29) is 17.4 Å². The van der Waals surface area contributed by atoms with E-state index in [2.05, 4.69) is 33.0 Å². The van der Waals surface area contributed by atoms with Crippen molar-refractivity contribution in [2.24, 2.45) is 11.3 Å². The Labute approximate surface area is 98.9 Å². The van der Waals surface area contributed by atoms with Gasteiger partial charge in [-0.3, -0.25) is 4.79 Å². The zero-order valence-electron chi connectivity index (χ0n) is 11.0. The van der Waals surface area contributed by atoms with E-state index in [1.807, 2.05) is 0 Å². The third-order valence-corrected chi connectivity index (χ3v) is 3.05. The Morgan fingerprint density at radius 3 is 2.69 bits per heavy atom. The predicted molar refractivity (Wildman–Crippen MR) is 65.2 cm³/mol. The third kappa shape index (κ3) is 4.97. The Morgan fingerprint density at radius 2 is 2.12 bits per heavy atom. The second-order valence-electron chi connectivity index (χ2n) is 6.11. The largest absolute Gasteiger partial charge is 0.465 e. The highest BCUT2D eigenvalue weighted by atomic mass is 16.5. The second-order valence-corrected chi connectivity index (χ2v) is 6.11. The molecule has 1 N–H and O–H groups in total. The highest BCUT2D eigenvalue weighted by Crippen LogP contribution is 2.19. The van der Waals surface area contributed by atoms with Crippen molar-refractivity contribution in [2.75, 3.05) is 13.2 Å². The van der Waals surface area contributed by atoms with Gasteiger partial charge in [0.1, 0.15) is 6.04 Å². The molecule has 1 aliphatic rings. The molecule has 2 atom stereocenters. The molecule has 0 aliphatic carbocycles. The summed E-state index contributed by atoms with van der Waals surface area (Å²) in [6.07, 6.45) is 2.99. The molecule has 0 aromatic rings. The summed E-state index contributed by atoms with van der Waals surface area (Å²) in [7, 11) is 0. The maximum atomic E-state index is 11.7. The summed E-state index contributed by atoms with van der Waals surface area (Å²) < 4.78 is 5.30.